The van der Waals surface area contributed by atoms with Crippen LogP contribution in [0.1, 0.15) is 25.7 Å². The normalized spacial score (nSPS) is 36.4. The average Bonchev–Trinajstić information content (AvgIpc) is 2.87. The highest BCUT2D eigenvalue weighted by Gasteiger charge is 2.38. The van der Waals surface area contributed by atoms with Gasteiger partial charge in [-0.1, -0.05) is 0 Å². The van der Waals surface area contributed by atoms with Crippen LogP contribution < -0.4 is 5.32 Å². The molecule has 1 N–H and O–H groups in total. The number of amides is 1. The molecule has 2 heterocycles. The average molecular weight is 254 g/mol. The van der Waals surface area contributed by atoms with E-state index >= 15 is 0 Å². The molecule has 0 radical (unpaired) electrons. The van der Waals surface area contributed by atoms with Gasteiger partial charge in [0.25, 0.3) is 0 Å². The molecule has 2 aliphatic heterocycles. The number of nitrogens with one attached hydrogen (secondary N) is 1. The van der Waals surface area contributed by atoms with Gasteiger partial charge in [-0.15, -0.1) is 0 Å². The third-order valence-corrected chi connectivity index (χ3v) is 4.21. The first-order valence-corrected chi connectivity index (χ1v) is 7.08. The number of hydrogen-bond donors (Lipinski definition) is 1. The van der Waals surface area contributed by atoms with Gasteiger partial charge in [-0.05, 0) is 19.3 Å². The Morgan fingerprint density at radius 1 is 1.28 bits per heavy atom. The Morgan fingerprint density at radius 2 is 2.22 bits per heavy atom. The predicted octanol–water partition coefficient (Wildman–Crippen LogP) is 0.145. The summed E-state index contributed by atoms with van der Waals surface area (Å²) < 4.78 is 11.3. The summed E-state index contributed by atoms with van der Waals surface area (Å²) in [6, 6.07) is 0.322. The summed E-state index contributed by atoms with van der Waals surface area (Å²) in [4.78, 5) is 14.4. The lowest BCUT2D eigenvalue weighted by Gasteiger charge is -2.38. The van der Waals surface area contributed by atoms with Gasteiger partial charge < -0.3 is 19.7 Å². The fourth-order valence-corrected chi connectivity index (χ4v) is 3.30. The molecule has 0 aromatic carbocycles. The number of fused-ring (bicyclic) bond motifs is 1. The lowest BCUT2D eigenvalue weighted by atomic mass is 10.1. The molecule has 2 saturated heterocycles. The summed E-state index contributed by atoms with van der Waals surface area (Å²) in [5, 5.41) is 3.27. The topological polar surface area (TPSA) is 50.8 Å². The van der Waals surface area contributed by atoms with Crippen LogP contribution in [-0.2, 0) is 14.3 Å². The maximum absolute atomic E-state index is 12.4. The molecule has 0 aromatic rings. The summed E-state index contributed by atoms with van der Waals surface area (Å²) >= 11 is 0. The molecule has 18 heavy (non-hydrogen) atoms. The highest BCUT2D eigenvalue weighted by molar-refractivity contribution is 5.77. The van der Waals surface area contributed by atoms with Crippen LogP contribution in [0.5, 0.6) is 0 Å². The van der Waals surface area contributed by atoms with E-state index in [-0.39, 0.29) is 18.1 Å². The van der Waals surface area contributed by atoms with Crippen LogP contribution in [0.4, 0.5) is 0 Å². The maximum Gasteiger partial charge on any atom is 0.225 e. The zero-order chi connectivity index (χ0) is 12.4. The number of morpholine rings is 2. The second-order valence-electron chi connectivity index (χ2n) is 5.40. The van der Waals surface area contributed by atoms with Crippen molar-refractivity contribution in [2.45, 2.75) is 43.9 Å². The van der Waals surface area contributed by atoms with E-state index in [4.69, 9.17) is 9.47 Å². The van der Waals surface area contributed by atoms with Gasteiger partial charge in [-0.25, -0.2) is 0 Å². The lowest BCUT2D eigenvalue weighted by molar-refractivity contribution is -0.147. The first kappa shape index (κ1) is 12.4. The summed E-state index contributed by atoms with van der Waals surface area (Å²) in [7, 11) is 0. The molecule has 0 spiro atoms. The van der Waals surface area contributed by atoms with Crippen molar-refractivity contribution in [2.24, 2.45) is 0 Å². The molecule has 3 fully saturated rings. The monoisotopic (exact) mass is 254 g/mol. The summed E-state index contributed by atoms with van der Waals surface area (Å²) in [5.74, 6) is 0.240. The van der Waals surface area contributed by atoms with Crippen molar-refractivity contribution in [3.05, 3.63) is 0 Å². The molecule has 0 bridgehead atoms. The molecule has 3 aliphatic rings. The molecule has 5 nitrogen and oxygen atoms in total. The molecular formula is C13H22N2O3. The Hall–Kier alpha value is -0.650. The third-order valence-electron chi connectivity index (χ3n) is 4.21. The minimum absolute atomic E-state index is 0.0500. The van der Waals surface area contributed by atoms with E-state index in [9.17, 15) is 4.79 Å². The predicted molar refractivity (Wildman–Crippen MR) is 66.3 cm³/mol. The largest absolute Gasteiger partial charge is 0.375 e. The fraction of sp³-hybridized carbons (Fsp3) is 0.923. The number of carbonyl (C=O) groups excluding carboxylic acids is 1. The van der Waals surface area contributed by atoms with Crippen LogP contribution in [0.2, 0.25) is 0 Å². The van der Waals surface area contributed by atoms with Crippen LogP contribution in [0, 0.1) is 0 Å². The van der Waals surface area contributed by atoms with Crippen LogP contribution in [0.25, 0.3) is 0 Å². The Morgan fingerprint density at radius 3 is 3.06 bits per heavy atom. The molecule has 3 atom stereocenters. The van der Waals surface area contributed by atoms with Crippen molar-refractivity contribution in [3.63, 3.8) is 0 Å². The zero-order valence-electron chi connectivity index (χ0n) is 10.8. The Labute approximate surface area is 108 Å². The zero-order valence-corrected chi connectivity index (χ0v) is 10.8. The van der Waals surface area contributed by atoms with Crippen molar-refractivity contribution in [3.8, 4) is 0 Å². The van der Waals surface area contributed by atoms with Crippen molar-refractivity contribution in [1.29, 1.82) is 0 Å². The van der Waals surface area contributed by atoms with E-state index in [1.165, 1.54) is 6.42 Å². The molecule has 3 rings (SSSR count). The minimum Gasteiger partial charge on any atom is -0.375 e. The Bertz CT molecular complexity index is 305. The van der Waals surface area contributed by atoms with Gasteiger partial charge >= 0.3 is 0 Å². The first-order chi connectivity index (χ1) is 8.84. The maximum atomic E-state index is 12.4. The highest BCUT2D eigenvalue weighted by atomic mass is 16.5. The molecular weight excluding hydrogens is 232 g/mol. The molecule has 1 aliphatic carbocycles. The molecule has 1 amide bonds. The lowest BCUT2D eigenvalue weighted by Crippen LogP contribution is -2.52. The first-order valence-electron chi connectivity index (χ1n) is 7.08. The van der Waals surface area contributed by atoms with Gasteiger partial charge in [0.05, 0.1) is 37.9 Å². The van der Waals surface area contributed by atoms with Crippen LogP contribution in [0.3, 0.4) is 0 Å². The smallest absolute Gasteiger partial charge is 0.225 e. The summed E-state index contributed by atoms with van der Waals surface area (Å²) in [5.41, 5.74) is 0. The molecule has 3 unspecified atom stereocenters. The van der Waals surface area contributed by atoms with Crippen molar-refractivity contribution >= 4 is 5.91 Å². The van der Waals surface area contributed by atoms with E-state index in [0.29, 0.717) is 25.7 Å². The second-order valence-corrected chi connectivity index (χ2v) is 5.40. The molecule has 102 valence electrons. The van der Waals surface area contributed by atoms with E-state index < -0.39 is 0 Å². The Kier molecular flexibility index (Phi) is 3.82. The van der Waals surface area contributed by atoms with Gasteiger partial charge in [0.1, 0.15) is 0 Å². The number of carbonyl (C=O) groups is 1. The number of hydrogen-bond acceptors (Lipinski definition) is 4. The molecule has 5 heteroatoms. The standard InChI is InChI=1S/C13H22N2O3/c16-13(8-10-9-14-4-6-17-10)15-5-7-18-12-3-1-2-11(12)15/h10-12,14H,1-9H2. The van der Waals surface area contributed by atoms with Gasteiger partial charge in [-0.3, -0.25) is 4.79 Å². The highest BCUT2D eigenvalue weighted by Crippen LogP contribution is 2.30. The van der Waals surface area contributed by atoms with Crippen LogP contribution in [-0.4, -0.2) is 61.9 Å². The number of nitrogens with zero attached hydrogens (tertiary/aromatic N) is 1. The van der Waals surface area contributed by atoms with E-state index in [2.05, 4.69) is 5.32 Å². The number of ether oxygens (including phenoxy) is 2. The number of rotatable bonds is 2. The van der Waals surface area contributed by atoms with E-state index in [0.717, 1.165) is 32.5 Å². The van der Waals surface area contributed by atoms with Gasteiger partial charge in [0.15, 0.2) is 0 Å². The van der Waals surface area contributed by atoms with Crippen molar-refractivity contribution in [2.75, 3.05) is 32.8 Å². The third kappa shape index (κ3) is 2.53. The second kappa shape index (κ2) is 5.55. The molecule has 0 aromatic heterocycles. The van der Waals surface area contributed by atoms with E-state index in [1.807, 2.05) is 4.90 Å². The van der Waals surface area contributed by atoms with Gasteiger partial charge in [0, 0.05) is 19.6 Å². The Balaban J connectivity index is 1.57. The van der Waals surface area contributed by atoms with Gasteiger partial charge in [0.2, 0.25) is 5.91 Å². The van der Waals surface area contributed by atoms with E-state index in [1.54, 1.807) is 0 Å². The van der Waals surface area contributed by atoms with Gasteiger partial charge in [-0.2, -0.15) is 0 Å². The summed E-state index contributed by atoms with van der Waals surface area (Å²) in [6.45, 7) is 3.85. The minimum atomic E-state index is 0.0500. The fourth-order valence-electron chi connectivity index (χ4n) is 3.30. The quantitative estimate of drug-likeness (QED) is 0.762. The van der Waals surface area contributed by atoms with Crippen LogP contribution in [0.15, 0.2) is 0 Å². The SMILES string of the molecule is O=C(CC1CNCCO1)N1CCOC2CCCC21. The summed E-state index contributed by atoms with van der Waals surface area (Å²) in [6.07, 6.45) is 4.23. The van der Waals surface area contributed by atoms with Crippen LogP contribution >= 0.6 is 0 Å². The van der Waals surface area contributed by atoms with Crippen molar-refractivity contribution in [1.82, 2.24) is 10.2 Å². The van der Waals surface area contributed by atoms with Crippen molar-refractivity contribution < 1.29 is 14.3 Å². The molecule has 1 saturated carbocycles.